The van der Waals surface area contributed by atoms with E-state index in [0.29, 0.717) is 11.3 Å². The fourth-order valence-electron chi connectivity index (χ4n) is 1.88. The summed E-state index contributed by atoms with van der Waals surface area (Å²) in [7, 11) is 2.00. The molecule has 1 fully saturated rings. The van der Waals surface area contributed by atoms with E-state index in [9.17, 15) is 0 Å². The van der Waals surface area contributed by atoms with Crippen molar-refractivity contribution >= 4 is 17.4 Å². The maximum Gasteiger partial charge on any atom is 0.134 e. The van der Waals surface area contributed by atoms with Gasteiger partial charge in [0, 0.05) is 26.3 Å². The highest BCUT2D eigenvalue weighted by molar-refractivity contribution is 6.29. The Bertz CT molecular complexity index is 342. The topological polar surface area (TPSA) is 38.2 Å². The average molecular weight is 242 g/mol. The third kappa shape index (κ3) is 3.06. The van der Waals surface area contributed by atoms with Crippen LogP contribution in [0.15, 0.2) is 12.4 Å². The molecule has 1 saturated heterocycles. The molecule has 0 aromatic carbocycles. The molecule has 5 heteroatoms. The van der Waals surface area contributed by atoms with Gasteiger partial charge >= 0.3 is 0 Å². The summed E-state index contributed by atoms with van der Waals surface area (Å²) in [5.41, 5.74) is 0. The maximum atomic E-state index is 5.82. The number of nitrogens with zero attached hydrogens (tertiary/aromatic N) is 3. The molecule has 1 aromatic heterocycles. The van der Waals surface area contributed by atoms with Crippen molar-refractivity contribution in [2.75, 3.05) is 25.1 Å². The van der Waals surface area contributed by atoms with Gasteiger partial charge in [-0.2, -0.15) is 0 Å². The van der Waals surface area contributed by atoms with Crippen LogP contribution in [0.5, 0.6) is 0 Å². The first-order valence-corrected chi connectivity index (χ1v) is 5.94. The van der Waals surface area contributed by atoms with Gasteiger partial charge in [-0.1, -0.05) is 11.6 Å². The van der Waals surface area contributed by atoms with Crippen molar-refractivity contribution in [3.05, 3.63) is 17.5 Å². The summed E-state index contributed by atoms with van der Waals surface area (Å²) < 4.78 is 5.68. The number of anilines is 1. The molecule has 1 aliphatic heterocycles. The monoisotopic (exact) mass is 241 g/mol. The van der Waals surface area contributed by atoms with E-state index in [2.05, 4.69) is 14.9 Å². The maximum absolute atomic E-state index is 5.82. The largest absolute Gasteiger partial charge is 0.376 e. The smallest absolute Gasteiger partial charge is 0.134 e. The normalized spacial score (nSPS) is 20.8. The Balaban J connectivity index is 1.94. The molecular weight excluding hydrogens is 226 g/mol. The number of aromatic nitrogens is 2. The number of likely N-dealkylation sites (N-methyl/N-ethyl adjacent to an activating group) is 1. The molecule has 0 amide bonds. The summed E-state index contributed by atoms with van der Waals surface area (Å²) >= 11 is 5.82. The lowest BCUT2D eigenvalue weighted by atomic mass is 10.1. The summed E-state index contributed by atoms with van der Waals surface area (Å²) in [5.74, 6) is 0.842. The van der Waals surface area contributed by atoms with Crippen LogP contribution in [0, 0.1) is 0 Å². The van der Waals surface area contributed by atoms with Crippen LogP contribution in [0.4, 0.5) is 5.82 Å². The first kappa shape index (κ1) is 11.6. The molecule has 0 radical (unpaired) electrons. The van der Waals surface area contributed by atoms with Crippen LogP contribution in [0.1, 0.15) is 19.3 Å². The summed E-state index contributed by atoms with van der Waals surface area (Å²) in [5, 5.41) is 0.474. The summed E-state index contributed by atoms with van der Waals surface area (Å²) in [4.78, 5) is 10.1. The number of ether oxygens (including phenoxy) is 1. The summed E-state index contributed by atoms with van der Waals surface area (Å²) in [6.45, 7) is 1.73. The molecule has 4 nitrogen and oxygen atoms in total. The minimum absolute atomic E-state index is 0.312. The molecule has 2 heterocycles. The molecule has 2 rings (SSSR count). The molecule has 1 aromatic rings. The van der Waals surface area contributed by atoms with Crippen LogP contribution in [0.2, 0.25) is 5.15 Å². The van der Waals surface area contributed by atoms with E-state index < -0.39 is 0 Å². The first-order chi connectivity index (χ1) is 7.75. The van der Waals surface area contributed by atoms with Gasteiger partial charge in [0.25, 0.3) is 0 Å². The van der Waals surface area contributed by atoms with E-state index in [0.717, 1.165) is 25.4 Å². The van der Waals surface area contributed by atoms with Crippen molar-refractivity contribution in [1.29, 1.82) is 0 Å². The van der Waals surface area contributed by atoms with E-state index in [1.165, 1.54) is 19.2 Å². The Labute approximate surface area is 101 Å². The molecule has 1 unspecified atom stereocenters. The zero-order chi connectivity index (χ0) is 11.4. The minimum atomic E-state index is 0.312. The van der Waals surface area contributed by atoms with E-state index in [4.69, 9.17) is 16.3 Å². The van der Waals surface area contributed by atoms with Crippen LogP contribution >= 0.6 is 11.6 Å². The van der Waals surface area contributed by atoms with Crippen molar-refractivity contribution in [3.63, 3.8) is 0 Å². The number of hydrogen-bond acceptors (Lipinski definition) is 4. The minimum Gasteiger partial charge on any atom is -0.376 e. The van der Waals surface area contributed by atoms with Crippen molar-refractivity contribution in [3.8, 4) is 0 Å². The second kappa shape index (κ2) is 5.46. The fraction of sp³-hybridized carbons (Fsp3) is 0.636. The lowest BCUT2D eigenvalue weighted by Crippen LogP contribution is -2.33. The predicted molar refractivity (Wildman–Crippen MR) is 63.9 cm³/mol. The second-order valence-corrected chi connectivity index (χ2v) is 4.46. The molecule has 88 valence electrons. The SMILES string of the molecule is CN(CC1CCCCO1)c1cc(Cl)ncn1. The Hall–Kier alpha value is -0.870. The second-order valence-electron chi connectivity index (χ2n) is 4.07. The standard InChI is InChI=1S/C11H16ClN3O/c1-15(7-9-4-2-3-5-16-9)11-6-10(12)13-8-14-11/h6,8-9H,2-5,7H2,1H3. The highest BCUT2D eigenvalue weighted by Crippen LogP contribution is 2.17. The van der Waals surface area contributed by atoms with Gasteiger partial charge in [-0.05, 0) is 19.3 Å². The molecule has 0 N–H and O–H groups in total. The lowest BCUT2D eigenvalue weighted by molar-refractivity contribution is 0.0215. The van der Waals surface area contributed by atoms with Gasteiger partial charge < -0.3 is 9.64 Å². The zero-order valence-electron chi connectivity index (χ0n) is 9.40. The Morgan fingerprint density at radius 1 is 1.50 bits per heavy atom. The van der Waals surface area contributed by atoms with Gasteiger partial charge in [0.15, 0.2) is 0 Å². The predicted octanol–water partition coefficient (Wildman–Crippen LogP) is 2.14. The van der Waals surface area contributed by atoms with E-state index in [1.54, 1.807) is 6.07 Å². The van der Waals surface area contributed by atoms with Gasteiger partial charge in [-0.25, -0.2) is 9.97 Å². The molecule has 0 saturated carbocycles. The molecule has 1 atom stereocenters. The molecular formula is C11H16ClN3O. The van der Waals surface area contributed by atoms with Gasteiger partial charge in [0.1, 0.15) is 17.3 Å². The highest BCUT2D eigenvalue weighted by Gasteiger charge is 2.16. The van der Waals surface area contributed by atoms with Gasteiger partial charge in [-0.3, -0.25) is 0 Å². The van der Waals surface area contributed by atoms with E-state index in [-0.39, 0.29) is 0 Å². The van der Waals surface area contributed by atoms with Gasteiger partial charge in [-0.15, -0.1) is 0 Å². The number of rotatable bonds is 3. The summed E-state index contributed by atoms with van der Waals surface area (Å²) in [6.07, 6.45) is 5.36. The summed E-state index contributed by atoms with van der Waals surface area (Å²) in [6, 6.07) is 1.77. The molecule has 0 bridgehead atoms. The van der Waals surface area contributed by atoms with Crippen LogP contribution in [0.3, 0.4) is 0 Å². The van der Waals surface area contributed by atoms with Crippen molar-refractivity contribution in [2.45, 2.75) is 25.4 Å². The average Bonchev–Trinajstić information content (AvgIpc) is 2.30. The Morgan fingerprint density at radius 3 is 3.06 bits per heavy atom. The van der Waals surface area contributed by atoms with Gasteiger partial charge in [0.05, 0.1) is 6.10 Å². The van der Waals surface area contributed by atoms with Crippen molar-refractivity contribution < 1.29 is 4.74 Å². The molecule has 16 heavy (non-hydrogen) atoms. The quantitative estimate of drug-likeness (QED) is 0.760. The lowest BCUT2D eigenvalue weighted by Gasteiger charge is -2.27. The third-order valence-electron chi connectivity index (χ3n) is 2.76. The first-order valence-electron chi connectivity index (χ1n) is 5.56. The van der Waals surface area contributed by atoms with Crippen LogP contribution < -0.4 is 4.90 Å². The van der Waals surface area contributed by atoms with Crippen LogP contribution in [-0.4, -0.2) is 36.3 Å². The Kier molecular flexibility index (Phi) is 3.96. The molecule has 0 aliphatic carbocycles. The third-order valence-corrected chi connectivity index (χ3v) is 2.97. The molecule has 1 aliphatic rings. The van der Waals surface area contributed by atoms with E-state index in [1.807, 2.05) is 7.05 Å². The van der Waals surface area contributed by atoms with Crippen LogP contribution in [0.25, 0.3) is 0 Å². The number of hydrogen-bond donors (Lipinski definition) is 0. The van der Waals surface area contributed by atoms with Crippen molar-refractivity contribution in [1.82, 2.24) is 9.97 Å². The molecule has 0 spiro atoms. The van der Waals surface area contributed by atoms with Crippen molar-refractivity contribution in [2.24, 2.45) is 0 Å². The fourth-order valence-corrected chi connectivity index (χ4v) is 2.02. The van der Waals surface area contributed by atoms with E-state index >= 15 is 0 Å². The highest BCUT2D eigenvalue weighted by atomic mass is 35.5. The van der Waals surface area contributed by atoms with Gasteiger partial charge in [0.2, 0.25) is 0 Å². The number of halogens is 1. The zero-order valence-corrected chi connectivity index (χ0v) is 10.2. The Morgan fingerprint density at radius 2 is 2.38 bits per heavy atom. The van der Waals surface area contributed by atoms with Crippen LogP contribution in [-0.2, 0) is 4.74 Å².